The standard InChI is InChI=1S/C16H24N2O2/c1-12-6-7-13(14(10-12)20-2)18-15(19)16(11-17)8-4-3-5-9-16/h6-7,10H,3-5,8-9,11,17H2,1-2H3,(H,18,19). The van der Waals surface area contributed by atoms with Crippen LogP contribution < -0.4 is 15.8 Å². The highest BCUT2D eigenvalue weighted by atomic mass is 16.5. The van der Waals surface area contributed by atoms with Gasteiger partial charge in [-0.15, -0.1) is 0 Å². The van der Waals surface area contributed by atoms with Crippen molar-refractivity contribution in [3.05, 3.63) is 23.8 Å². The molecule has 1 aromatic carbocycles. The smallest absolute Gasteiger partial charge is 0.231 e. The molecule has 1 saturated carbocycles. The number of hydrogen-bond donors (Lipinski definition) is 2. The van der Waals surface area contributed by atoms with E-state index in [0.717, 1.165) is 36.9 Å². The molecule has 1 fully saturated rings. The van der Waals surface area contributed by atoms with Crippen LogP contribution in [0.15, 0.2) is 18.2 Å². The van der Waals surface area contributed by atoms with Crippen molar-refractivity contribution in [1.29, 1.82) is 0 Å². The maximum atomic E-state index is 12.6. The highest BCUT2D eigenvalue weighted by molar-refractivity contribution is 5.96. The number of benzene rings is 1. The largest absolute Gasteiger partial charge is 0.495 e. The van der Waals surface area contributed by atoms with Crippen LogP contribution in [0.5, 0.6) is 5.75 Å². The number of anilines is 1. The van der Waals surface area contributed by atoms with Gasteiger partial charge in [-0.1, -0.05) is 25.3 Å². The van der Waals surface area contributed by atoms with Crippen LogP contribution in [0, 0.1) is 12.3 Å². The summed E-state index contributed by atoms with van der Waals surface area (Å²) in [7, 11) is 1.61. The molecular weight excluding hydrogens is 252 g/mol. The third kappa shape index (κ3) is 2.96. The second-order valence-corrected chi connectivity index (χ2v) is 5.70. The average Bonchev–Trinajstić information content (AvgIpc) is 2.49. The summed E-state index contributed by atoms with van der Waals surface area (Å²) in [6.45, 7) is 2.41. The summed E-state index contributed by atoms with van der Waals surface area (Å²) in [5, 5.41) is 3.01. The van der Waals surface area contributed by atoms with Crippen molar-refractivity contribution in [1.82, 2.24) is 0 Å². The van der Waals surface area contributed by atoms with Gasteiger partial charge in [0.1, 0.15) is 5.75 Å². The molecule has 4 heteroatoms. The number of carbonyl (C=O) groups is 1. The van der Waals surface area contributed by atoms with Crippen molar-refractivity contribution in [3.8, 4) is 5.75 Å². The molecule has 3 N–H and O–H groups in total. The molecule has 20 heavy (non-hydrogen) atoms. The molecule has 4 nitrogen and oxygen atoms in total. The van der Waals surface area contributed by atoms with E-state index >= 15 is 0 Å². The lowest BCUT2D eigenvalue weighted by Gasteiger charge is -2.34. The van der Waals surface area contributed by atoms with Crippen LogP contribution in [-0.2, 0) is 4.79 Å². The molecule has 0 bridgehead atoms. The Balaban J connectivity index is 2.18. The Bertz CT molecular complexity index is 479. The van der Waals surface area contributed by atoms with Crippen molar-refractivity contribution >= 4 is 11.6 Å². The fourth-order valence-corrected chi connectivity index (χ4v) is 2.91. The minimum Gasteiger partial charge on any atom is -0.495 e. The Morgan fingerprint density at radius 1 is 1.35 bits per heavy atom. The first-order chi connectivity index (χ1) is 9.61. The number of amides is 1. The lowest BCUT2D eigenvalue weighted by Crippen LogP contribution is -2.43. The van der Waals surface area contributed by atoms with Gasteiger partial charge in [0.25, 0.3) is 0 Å². The van der Waals surface area contributed by atoms with Crippen LogP contribution in [0.2, 0.25) is 0 Å². The van der Waals surface area contributed by atoms with Crippen LogP contribution in [0.25, 0.3) is 0 Å². The second-order valence-electron chi connectivity index (χ2n) is 5.70. The van der Waals surface area contributed by atoms with Crippen molar-refractivity contribution in [3.63, 3.8) is 0 Å². The molecule has 1 aromatic rings. The fourth-order valence-electron chi connectivity index (χ4n) is 2.91. The van der Waals surface area contributed by atoms with Crippen molar-refractivity contribution < 1.29 is 9.53 Å². The van der Waals surface area contributed by atoms with E-state index in [0.29, 0.717) is 12.3 Å². The summed E-state index contributed by atoms with van der Waals surface area (Å²) in [6.07, 6.45) is 5.11. The summed E-state index contributed by atoms with van der Waals surface area (Å²) >= 11 is 0. The number of nitrogens with one attached hydrogen (secondary N) is 1. The summed E-state index contributed by atoms with van der Waals surface area (Å²) < 4.78 is 5.33. The molecule has 0 aromatic heterocycles. The second kappa shape index (κ2) is 6.27. The minimum absolute atomic E-state index is 0.0295. The number of rotatable bonds is 4. The Morgan fingerprint density at radius 3 is 2.65 bits per heavy atom. The zero-order valence-electron chi connectivity index (χ0n) is 12.4. The number of methoxy groups -OCH3 is 1. The van der Waals surface area contributed by atoms with Crippen LogP contribution in [0.1, 0.15) is 37.7 Å². The summed E-state index contributed by atoms with van der Waals surface area (Å²) in [5.41, 5.74) is 7.31. The fraction of sp³-hybridized carbons (Fsp3) is 0.562. The lowest BCUT2D eigenvalue weighted by atomic mass is 9.73. The molecule has 0 radical (unpaired) electrons. The molecule has 1 amide bonds. The first-order valence-electron chi connectivity index (χ1n) is 7.27. The summed E-state index contributed by atoms with van der Waals surface area (Å²) in [6, 6.07) is 5.78. The Labute approximate surface area is 120 Å². The van der Waals surface area contributed by atoms with Crippen molar-refractivity contribution in [2.45, 2.75) is 39.0 Å². The van der Waals surface area contributed by atoms with E-state index in [1.54, 1.807) is 7.11 Å². The van der Waals surface area contributed by atoms with Crippen LogP contribution in [0.3, 0.4) is 0 Å². The first kappa shape index (κ1) is 14.9. The third-order valence-corrected chi connectivity index (χ3v) is 4.29. The zero-order valence-corrected chi connectivity index (χ0v) is 12.4. The highest BCUT2D eigenvalue weighted by Crippen LogP contribution is 2.37. The topological polar surface area (TPSA) is 64.3 Å². The molecule has 0 aliphatic heterocycles. The molecule has 0 unspecified atom stereocenters. The van der Waals surface area contributed by atoms with E-state index in [-0.39, 0.29) is 5.91 Å². The van der Waals surface area contributed by atoms with Crippen molar-refractivity contribution in [2.75, 3.05) is 19.0 Å². The Kier molecular flexibility index (Phi) is 4.65. The molecule has 110 valence electrons. The first-order valence-corrected chi connectivity index (χ1v) is 7.27. The van der Waals surface area contributed by atoms with Gasteiger partial charge in [0, 0.05) is 6.54 Å². The third-order valence-electron chi connectivity index (χ3n) is 4.29. The van der Waals surface area contributed by atoms with E-state index in [9.17, 15) is 4.79 Å². The number of hydrogen-bond acceptors (Lipinski definition) is 3. The number of aryl methyl sites for hydroxylation is 1. The highest BCUT2D eigenvalue weighted by Gasteiger charge is 2.38. The van der Waals surface area contributed by atoms with Gasteiger partial charge in [-0.2, -0.15) is 0 Å². The Hall–Kier alpha value is -1.55. The van der Waals surface area contributed by atoms with Gasteiger partial charge < -0.3 is 15.8 Å². The lowest BCUT2D eigenvalue weighted by molar-refractivity contribution is -0.126. The molecule has 0 heterocycles. The molecule has 1 aliphatic rings. The van der Waals surface area contributed by atoms with Gasteiger partial charge in [-0.3, -0.25) is 4.79 Å². The number of ether oxygens (including phenoxy) is 1. The average molecular weight is 276 g/mol. The van der Waals surface area contributed by atoms with Crippen LogP contribution in [-0.4, -0.2) is 19.6 Å². The molecule has 0 spiro atoms. The van der Waals surface area contributed by atoms with Gasteiger partial charge in [-0.05, 0) is 37.5 Å². The van der Waals surface area contributed by atoms with Gasteiger partial charge in [0.05, 0.1) is 18.2 Å². The monoisotopic (exact) mass is 276 g/mol. The van der Waals surface area contributed by atoms with Gasteiger partial charge in [-0.25, -0.2) is 0 Å². The van der Waals surface area contributed by atoms with E-state index in [1.165, 1.54) is 6.42 Å². The molecule has 2 rings (SSSR count). The quantitative estimate of drug-likeness (QED) is 0.888. The maximum Gasteiger partial charge on any atom is 0.231 e. The van der Waals surface area contributed by atoms with Gasteiger partial charge in [0.15, 0.2) is 0 Å². The van der Waals surface area contributed by atoms with E-state index in [2.05, 4.69) is 5.32 Å². The maximum absolute atomic E-state index is 12.6. The van der Waals surface area contributed by atoms with E-state index in [1.807, 2.05) is 25.1 Å². The predicted molar refractivity (Wildman–Crippen MR) is 80.9 cm³/mol. The molecule has 1 aliphatic carbocycles. The van der Waals surface area contributed by atoms with Crippen LogP contribution in [0.4, 0.5) is 5.69 Å². The number of nitrogens with two attached hydrogens (primary N) is 1. The Morgan fingerprint density at radius 2 is 2.05 bits per heavy atom. The van der Waals surface area contributed by atoms with Crippen LogP contribution >= 0.6 is 0 Å². The van der Waals surface area contributed by atoms with Gasteiger partial charge >= 0.3 is 0 Å². The zero-order chi connectivity index (χ0) is 14.6. The minimum atomic E-state index is -0.409. The number of carbonyl (C=O) groups excluding carboxylic acids is 1. The summed E-state index contributed by atoms with van der Waals surface area (Å²) in [5.74, 6) is 0.725. The SMILES string of the molecule is COc1cc(C)ccc1NC(=O)C1(CN)CCCCC1. The predicted octanol–water partition coefficient (Wildman–Crippen LogP) is 2.85. The summed E-state index contributed by atoms with van der Waals surface area (Å²) in [4.78, 5) is 12.6. The molecular formula is C16H24N2O2. The normalized spacial score (nSPS) is 17.6. The van der Waals surface area contributed by atoms with Crippen molar-refractivity contribution in [2.24, 2.45) is 11.1 Å². The molecule has 0 saturated heterocycles. The van der Waals surface area contributed by atoms with E-state index < -0.39 is 5.41 Å². The van der Waals surface area contributed by atoms with E-state index in [4.69, 9.17) is 10.5 Å². The molecule has 0 atom stereocenters. The van der Waals surface area contributed by atoms with Gasteiger partial charge in [0.2, 0.25) is 5.91 Å².